The van der Waals surface area contributed by atoms with Crippen LogP contribution in [0.5, 0.6) is 11.5 Å². The Kier molecular flexibility index (Phi) is 3.71. The van der Waals surface area contributed by atoms with Crippen LogP contribution in [0.2, 0.25) is 5.02 Å². The number of ether oxygens (including phenoxy) is 1. The Morgan fingerprint density at radius 2 is 2.05 bits per heavy atom. The Labute approximate surface area is 114 Å². The molecule has 2 aromatic carbocycles. The Morgan fingerprint density at radius 1 is 1.32 bits per heavy atom. The summed E-state index contributed by atoms with van der Waals surface area (Å²) in [5.41, 5.74) is 0.294. The van der Waals surface area contributed by atoms with Crippen LogP contribution in [0.1, 0.15) is 15.9 Å². The first-order valence-corrected chi connectivity index (χ1v) is 5.82. The van der Waals surface area contributed by atoms with Crippen LogP contribution >= 0.6 is 11.6 Å². The second kappa shape index (κ2) is 5.28. The van der Waals surface area contributed by atoms with E-state index in [1.165, 1.54) is 12.1 Å². The van der Waals surface area contributed by atoms with E-state index in [0.29, 0.717) is 10.8 Å². The van der Waals surface area contributed by atoms with E-state index >= 15 is 0 Å². The van der Waals surface area contributed by atoms with E-state index < -0.39 is 17.3 Å². The highest BCUT2D eigenvalue weighted by Gasteiger charge is 2.17. The molecule has 0 saturated heterocycles. The van der Waals surface area contributed by atoms with E-state index in [-0.39, 0.29) is 5.75 Å². The van der Waals surface area contributed by atoms with Crippen LogP contribution in [0.4, 0.5) is 4.39 Å². The predicted molar refractivity (Wildman–Crippen MR) is 69.6 cm³/mol. The summed E-state index contributed by atoms with van der Waals surface area (Å²) < 4.78 is 18.9. The van der Waals surface area contributed by atoms with Crippen molar-refractivity contribution in [2.24, 2.45) is 0 Å². The molecular formula is C14H10ClFO3. The molecule has 1 N–H and O–H groups in total. The van der Waals surface area contributed by atoms with Crippen molar-refractivity contribution >= 4 is 17.6 Å². The lowest BCUT2D eigenvalue weighted by molar-refractivity contribution is 0.0689. The third kappa shape index (κ3) is 2.85. The van der Waals surface area contributed by atoms with Gasteiger partial charge in [0.25, 0.3) is 0 Å². The summed E-state index contributed by atoms with van der Waals surface area (Å²) in [5.74, 6) is -1.86. The van der Waals surface area contributed by atoms with Crippen LogP contribution in [0.25, 0.3) is 0 Å². The Morgan fingerprint density at radius 3 is 2.68 bits per heavy atom. The second-order valence-electron chi connectivity index (χ2n) is 3.93. The Bertz CT molecular complexity index is 641. The molecule has 2 aromatic rings. The zero-order valence-electron chi connectivity index (χ0n) is 9.98. The van der Waals surface area contributed by atoms with Gasteiger partial charge in [-0.25, -0.2) is 9.18 Å². The van der Waals surface area contributed by atoms with Crippen LogP contribution in [-0.4, -0.2) is 11.1 Å². The molecule has 0 aliphatic rings. The van der Waals surface area contributed by atoms with Gasteiger partial charge < -0.3 is 9.84 Å². The van der Waals surface area contributed by atoms with E-state index in [9.17, 15) is 9.18 Å². The van der Waals surface area contributed by atoms with Crippen molar-refractivity contribution in [2.75, 3.05) is 0 Å². The van der Waals surface area contributed by atoms with Gasteiger partial charge in [0.05, 0.1) is 0 Å². The largest absolute Gasteiger partial charge is 0.477 e. The van der Waals surface area contributed by atoms with Crippen molar-refractivity contribution in [3.8, 4) is 11.5 Å². The molecule has 0 unspecified atom stereocenters. The highest BCUT2D eigenvalue weighted by atomic mass is 35.5. The van der Waals surface area contributed by atoms with Gasteiger partial charge in [-0.1, -0.05) is 17.7 Å². The summed E-state index contributed by atoms with van der Waals surface area (Å²) in [6, 6.07) is 8.73. The second-order valence-corrected chi connectivity index (χ2v) is 4.34. The van der Waals surface area contributed by atoms with Gasteiger partial charge in [0.1, 0.15) is 22.9 Å². The quantitative estimate of drug-likeness (QED) is 0.913. The topological polar surface area (TPSA) is 46.5 Å². The Balaban J connectivity index is 2.40. The molecule has 19 heavy (non-hydrogen) atoms. The average Bonchev–Trinajstić information content (AvgIpc) is 2.33. The molecular weight excluding hydrogens is 271 g/mol. The van der Waals surface area contributed by atoms with Crippen LogP contribution < -0.4 is 4.74 Å². The smallest absolute Gasteiger partial charge is 0.342 e. The number of carboxylic acids is 1. The molecule has 0 aromatic heterocycles. The van der Waals surface area contributed by atoms with Gasteiger partial charge in [-0.15, -0.1) is 0 Å². The standard InChI is InChI=1S/C14H10ClFO3/c1-8-7-9(5-6-10(8)15)19-12-4-2-3-11(16)13(12)14(17)18/h2-7H,1H3,(H,17,18). The number of halogens is 2. The molecule has 0 amide bonds. The molecule has 0 atom stereocenters. The molecule has 0 heterocycles. The molecule has 0 radical (unpaired) electrons. The van der Waals surface area contributed by atoms with E-state index in [0.717, 1.165) is 11.6 Å². The summed E-state index contributed by atoms with van der Waals surface area (Å²) in [6.45, 7) is 1.79. The monoisotopic (exact) mass is 280 g/mol. The summed E-state index contributed by atoms with van der Waals surface area (Å²) in [4.78, 5) is 11.0. The molecule has 2 rings (SSSR count). The van der Waals surface area contributed by atoms with Gasteiger partial charge in [0, 0.05) is 5.02 Å². The van der Waals surface area contributed by atoms with Gasteiger partial charge in [0.15, 0.2) is 0 Å². The fraction of sp³-hybridized carbons (Fsp3) is 0.0714. The highest BCUT2D eigenvalue weighted by molar-refractivity contribution is 6.31. The lowest BCUT2D eigenvalue weighted by Crippen LogP contribution is -2.03. The SMILES string of the molecule is Cc1cc(Oc2cccc(F)c2C(=O)O)ccc1Cl. The van der Waals surface area contributed by atoms with E-state index in [2.05, 4.69) is 0 Å². The lowest BCUT2D eigenvalue weighted by Gasteiger charge is -2.10. The molecule has 0 saturated carbocycles. The molecule has 0 spiro atoms. The first-order chi connectivity index (χ1) is 8.99. The minimum atomic E-state index is -1.38. The zero-order chi connectivity index (χ0) is 14.0. The minimum absolute atomic E-state index is 0.0470. The minimum Gasteiger partial charge on any atom is -0.477 e. The fourth-order valence-corrected chi connectivity index (χ4v) is 1.72. The van der Waals surface area contributed by atoms with Crippen molar-refractivity contribution in [3.63, 3.8) is 0 Å². The predicted octanol–water partition coefficient (Wildman–Crippen LogP) is 4.28. The molecule has 5 heteroatoms. The van der Waals surface area contributed by atoms with Crippen LogP contribution in [-0.2, 0) is 0 Å². The molecule has 0 bridgehead atoms. The number of aromatic carboxylic acids is 1. The highest BCUT2D eigenvalue weighted by Crippen LogP contribution is 2.29. The zero-order valence-corrected chi connectivity index (χ0v) is 10.7. The van der Waals surface area contributed by atoms with Crippen molar-refractivity contribution in [3.05, 3.63) is 58.4 Å². The lowest BCUT2D eigenvalue weighted by atomic mass is 10.2. The average molecular weight is 281 g/mol. The summed E-state index contributed by atoms with van der Waals surface area (Å²) in [5, 5.41) is 9.56. The van der Waals surface area contributed by atoms with Gasteiger partial charge in [-0.2, -0.15) is 0 Å². The molecule has 0 aliphatic heterocycles. The van der Waals surface area contributed by atoms with Gasteiger partial charge in [-0.05, 0) is 42.8 Å². The first kappa shape index (κ1) is 13.4. The van der Waals surface area contributed by atoms with Crippen molar-refractivity contribution in [1.82, 2.24) is 0 Å². The maximum absolute atomic E-state index is 13.5. The maximum Gasteiger partial charge on any atom is 0.342 e. The summed E-state index contributed by atoms with van der Waals surface area (Å²) in [7, 11) is 0. The number of hydrogen-bond donors (Lipinski definition) is 1. The van der Waals surface area contributed by atoms with E-state index in [1.807, 2.05) is 0 Å². The summed E-state index contributed by atoms with van der Waals surface area (Å²) in [6.07, 6.45) is 0. The third-order valence-corrected chi connectivity index (χ3v) is 2.97. The third-order valence-electron chi connectivity index (χ3n) is 2.55. The maximum atomic E-state index is 13.5. The normalized spacial score (nSPS) is 10.3. The number of rotatable bonds is 3. The van der Waals surface area contributed by atoms with Crippen molar-refractivity contribution < 1.29 is 19.0 Å². The fourth-order valence-electron chi connectivity index (χ4n) is 1.60. The van der Waals surface area contributed by atoms with Crippen molar-refractivity contribution in [2.45, 2.75) is 6.92 Å². The number of aryl methyl sites for hydroxylation is 1. The number of carboxylic acid groups (broad SMARTS) is 1. The first-order valence-electron chi connectivity index (χ1n) is 5.45. The van der Waals surface area contributed by atoms with Gasteiger partial charge in [0.2, 0.25) is 0 Å². The van der Waals surface area contributed by atoms with E-state index in [1.54, 1.807) is 25.1 Å². The molecule has 3 nitrogen and oxygen atoms in total. The van der Waals surface area contributed by atoms with Crippen LogP contribution in [0.3, 0.4) is 0 Å². The van der Waals surface area contributed by atoms with Gasteiger partial charge in [-0.3, -0.25) is 0 Å². The number of carbonyl (C=O) groups is 1. The van der Waals surface area contributed by atoms with Crippen LogP contribution in [0.15, 0.2) is 36.4 Å². The number of benzene rings is 2. The summed E-state index contributed by atoms with van der Waals surface area (Å²) >= 11 is 5.88. The Hall–Kier alpha value is -2.07. The van der Waals surface area contributed by atoms with E-state index in [4.69, 9.17) is 21.4 Å². The van der Waals surface area contributed by atoms with Crippen LogP contribution in [0, 0.1) is 12.7 Å². The molecule has 0 fully saturated rings. The molecule has 0 aliphatic carbocycles. The number of hydrogen-bond acceptors (Lipinski definition) is 2. The van der Waals surface area contributed by atoms with Crippen molar-refractivity contribution in [1.29, 1.82) is 0 Å². The molecule has 98 valence electrons. The van der Waals surface area contributed by atoms with Gasteiger partial charge >= 0.3 is 5.97 Å².